The number of hydrogen-bond donors (Lipinski definition) is 1. The van der Waals surface area contributed by atoms with Crippen LogP contribution < -0.4 is 4.74 Å². The summed E-state index contributed by atoms with van der Waals surface area (Å²) in [6, 6.07) is 12.6. The van der Waals surface area contributed by atoms with E-state index in [9.17, 15) is 4.79 Å². The number of imidazole rings is 1. The molecule has 3 aromatic rings. The van der Waals surface area contributed by atoms with Crippen molar-refractivity contribution in [1.82, 2.24) is 14.9 Å². The lowest BCUT2D eigenvalue weighted by Gasteiger charge is -2.17. The maximum atomic E-state index is 11.3. The van der Waals surface area contributed by atoms with Gasteiger partial charge < -0.3 is 9.72 Å². The van der Waals surface area contributed by atoms with Crippen LogP contribution in [0.2, 0.25) is 0 Å². The molecule has 0 saturated carbocycles. The molecule has 0 spiro atoms. The standard InChI is InChI=1S/C25H29N3O2/c1-17-7-6-8-18(2)24(17)20-13-21(25-26-19(3)23(16-29)27-25)15-22(14-20)30-12-11-28-9-4-5-10-28/h6-8,13-16H,4-5,9-12H2,1-3H3,(H,26,27). The number of H-pyrrole nitrogens is 1. The molecular weight excluding hydrogens is 374 g/mol. The van der Waals surface area contributed by atoms with Gasteiger partial charge in [-0.1, -0.05) is 18.2 Å². The third-order valence-corrected chi connectivity index (χ3v) is 5.86. The number of ether oxygens (including phenoxy) is 1. The predicted octanol–water partition coefficient (Wildman–Crippen LogP) is 4.96. The third kappa shape index (κ3) is 4.31. The zero-order valence-corrected chi connectivity index (χ0v) is 18.0. The molecule has 156 valence electrons. The largest absolute Gasteiger partial charge is 0.492 e. The number of hydrogen-bond acceptors (Lipinski definition) is 4. The van der Waals surface area contributed by atoms with E-state index in [-0.39, 0.29) is 0 Å². The zero-order valence-electron chi connectivity index (χ0n) is 18.0. The van der Waals surface area contributed by atoms with Crippen LogP contribution in [-0.2, 0) is 0 Å². The second-order valence-corrected chi connectivity index (χ2v) is 8.12. The Kier molecular flexibility index (Phi) is 6.00. The Morgan fingerprint density at radius 1 is 1.07 bits per heavy atom. The minimum Gasteiger partial charge on any atom is -0.492 e. The van der Waals surface area contributed by atoms with Crippen molar-refractivity contribution >= 4 is 6.29 Å². The third-order valence-electron chi connectivity index (χ3n) is 5.86. The quantitative estimate of drug-likeness (QED) is 0.567. The molecule has 1 fully saturated rings. The molecule has 1 saturated heterocycles. The van der Waals surface area contributed by atoms with E-state index in [1.165, 1.54) is 29.5 Å². The molecule has 2 aromatic carbocycles. The van der Waals surface area contributed by atoms with E-state index in [0.717, 1.165) is 48.5 Å². The second-order valence-electron chi connectivity index (χ2n) is 8.12. The Bertz CT molecular complexity index is 1030. The van der Waals surface area contributed by atoms with Crippen molar-refractivity contribution in [2.45, 2.75) is 33.6 Å². The van der Waals surface area contributed by atoms with E-state index in [1.54, 1.807) is 0 Å². The first-order valence-electron chi connectivity index (χ1n) is 10.6. The maximum absolute atomic E-state index is 11.3. The number of rotatable bonds is 7. The molecule has 2 heterocycles. The monoisotopic (exact) mass is 403 g/mol. The summed E-state index contributed by atoms with van der Waals surface area (Å²) in [4.78, 5) is 21.4. The SMILES string of the molecule is Cc1cccc(C)c1-c1cc(OCCN2CCCC2)cc(-c2nc(C=O)c(C)[nH]2)c1. The first-order valence-corrected chi connectivity index (χ1v) is 10.6. The van der Waals surface area contributed by atoms with Crippen molar-refractivity contribution in [2.24, 2.45) is 0 Å². The normalized spacial score (nSPS) is 14.2. The molecule has 4 rings (SSSR count). The Morgan fingerprint density at radius 2 is 1.77 bits per heavy atom. The van der Waals surface area contributed by atoms with Crippen molar-refractivity contribution in [1.29, 1.82) is 0 Å². The molecule has 1 aliphatic heterocycles. The van der Waals surface area contributed by atoms with Gasteiger partial charge in [0.15, 0.2) is 6.29 Å². The summed E-state index contributed by atoms with van der Waals surface area (Å²) in [5.74, 6) is 1.51. The Hall–Kier alpha value is -2.92. The van der Waals surface area contributed by atoms with Gasteiger partial charge in [0.2, 0.25) is 0 Å². The fourth-order valence-electron chi connectivity index (χ4n) is 4.26. The summed E-state index contributed by atoms with van der Waals surface area (Å²) in [6.07, 6.45) is 3.35. The minimum atomic E-state index is 0.443. The highest BCUT2D eigenvalue weighted by molar-refractivity contribution is 5.79. The van der Waals surface area contributed by atoms with Gasteiger partial charge in [-0.25, -0.2) is 4.98 Å². The van der Waals surface area contributed by atoms with Crippen LogP contribution in [0.15, 0.2) is 36.4 Å². The molecule has 0 aliphatic carbocycles. The Morgan fingerprint density at radius 3 is 2.43 bits per heavy atom. The molecule has 30 heavy (non-hydrogen) atoms. The topological polar surface area (TPSA) is 58.2 Å². The van der Waals surface area contributed by atoms with Crippen molar-refractivity contribution < 1.29 is 9.53 Å². The second kappa shape index (κ2) is 8.84. The van der Waals surface area contributed by atoms with E-state index in [2.05, 4.69) is 59.0 Å². The highest BCUT2D eigenvalue weighted by Crippen LogP contribution is 2.34. The molecule has 5 heteroatoms. The van der Waals surface area contributed by atoms with Crippen molar-refractivity contribution in [3.05, 3.63) is 58.9 Å². The molecule has 0 unspecified atom stereocenters. The highest BCUT2D eigenvalue weighted by atomic mass is 16.5. The van der Waals surface area contributed by atoms with Crippen molar-refractivity contribution in [3.8, 4) is 28.3 Å². The van der Waals surface area contributed by atoms with Gasteiger partial charge in [0.25, 0.3) is 0 Å². The summed E-state index contributed by atoms with van der Waals surface area (Å²) in [5.41, 5.74) is 6.89. The van der Waals surface area contributed by atoms with E-state index >= 15 is 0 Å². The van der Waals surface area contributed by atoms with Crippen LogP contribution in [0.1, 0.15) is 40.2 Å². The van der Waals surface area contributed by atoms with Crippen LogP contribution in [0.25, 0.3) is 22.5 Å². The van der Waals surface area contributed by atoms with Crippen molar-refractivity contribution in [3.63, 3.8) is 0 Å². The smallest absolute Gasteiger partial charge is 0.170 e. The molecule has 1 aromatic heterocycles. The first-order chi connectivity index (χ1) is 14.5. The number of aromatic nitrogens is 2. The van der Waals surface area contributed by atoms with E-state index in [0.29, 0.717) is 18.1 Å². The van der Waals surface area contributed by atoms with Gasteiger partial charge >= 0.3 is 0 Å². The summed E-state index contributed by atoms with van der Waals surface area (Å²) < 4.78 is 6.18. The highest BCUT2D eigenvalue weighted by Gasteiger charge is 2.15. The van der Waals surface area contributed by atoms with Crippen LogP contribution in [-0.4, -0.2) is 47.4 Å². The fourth-order valence-corrected chi connectivity index (χ4v) is 4.26. The molecule has 0 atom stereocenters. The van der Waals surface area contributed by atoms with Gasteiger partial charge in [-0.3, -0.25) is 9.69 Å². The molecule has 0 bridgehead atoms. The summed E-state index contributed by atoms with van der Waals surface area (Å²) >= 11 is 0. The van der Waals surface area contributed by atoms with E-state index in [1.807, 2.05) is 13.0 Å². The lowest BCUT2D eigenvalue weighted by Crippen LogP contribution is -2.25. The molecule has 0 radical (unpaired) electrons. The van der Waals surface area contributed by atoms with Crippen LogP contribution >= 0.6 is 0 Å². The number of carbonyl (C=O) groups excluding carboxylic acids is 1. The number of likely N-dealkylation sites (tertiary alicyclic amines) is 1. The van der Waals surface area contributed by atoms with Gasteiger partial charge in [-0.05, 0) is 87.2 Å². The fraction of sp³-hybridized carbons (Fsp3) is 0.360. The molecule has 0 amide bonds. The lowest BCUT2D eigenvalue weighted by molar-refractivity contribution is 0.111. The van der Waals surface area contributed by atoms with Gasteiger partial charge in [-0.15, -0.1) is 0 Å². The lowest BCUT2D eigenvalue weighted by atomic mass is 9.94. The molecule has 1 aliphatic rings. The Labute approximate surface area is 178 Å². The summed E-state index contributed by atoms with van der Waals surface area (Å²) in [7, 11) is 0. The number of aldehydes is 1. The average molecular weight is 404 g/mol. The predicted molar refractivity (Wildman–Crippen MR) is 120 cm³/mol. The number of nitrogens with zero attached hydrogens (tertiary/aromatic N) is 2. The summed E-state index contributed by atoms with van der Waals surface area (Å²) in [6.45, 7) is 10.1. The Balaban J connectivity index is 1.70. The maximum Gasteiger partial charge on any atom is 0.170 e. The van der Waals surface area contributed by atoms with Gasteiger partial charge in [0.05, 0.1) is 0 Å². The number of aryl methyl sites for hydroxylation is 3. The average Bonchev–Trinajstić information content (AvgIpc) is 3.37. The number of aromatic amines is 1. The molecule has 1 N–H and O–H groups in total. The van der Waals surface area contributed by atoms with Gasteiger partial charge in [0, 0.05) is 17.8 Å². The number of benzene rings is 2. The zero-order chi connectivity index (χ0) is 21.1. The van der Waals surface area contributed by atoms with Gasteiger partial charge in [0.1, 0.15) is 23.9 Å². The number of carbonyl (C=O) groups is 1. The van der Waals surface area contributed by atoms with Crippen LogP contribution in [0.5, 0.6) is 5.75 Å². The van der Waals surface area contributed by atoms with Crippen LogP contribution in [0.3, 0.4) is 0 Å². The molecular formula is C25H29N3O2. The summed E-state index contributed by atoms with van der Waals surface area (Å²) in [5, 5.41) is 0. The molecule has 5 nitrogen and oxygen atoms in total. The minimum absolute atomic E-state index is 0.443. The van der Waals surface area contributed by atoms with Crippen LogP contribution in [0, 0.1) is 20.8 Å². The number of nitrogens with one attached hydrogen (secondary N) is 1. The van der Waals surface area contributed by atoms with Crippen LogP contribution in [0.4, 0.5) is 0 Å². The van der Waals surface area contributed by atoms with Gasteiger partial charge in [-0.2, -0.15) is 0 Å². The van der Waals surface area contributed by atoms with E-state index < -0.39 is 0 Å². The van der Waals surface area contributed by atoms with Crippen molar-refractivity contribution in [2.75, 3.05) is 26.2 Å². The first kappa shape index (κ1) is 20.4. The van der Waals surface area contributed by atoms with E-state index in [4.69, 9.17) is 4.74 Å².